The Bertz CT molecular complexity index is 381. The van der Waals surface area contributed by atoms with E-state index < -0.39 is 0 Å². The fourth-order valence-electron chi connectivity index (χ4n) is 1.75. The van der Waals surface area contributed by atoms with Crippen LogP contribution in [0.1, 0.15) is 12.8 Å². The lowest BCUT2D eigenvalue weighted by Gasteiger charge is -2.20. The fraction of sp³-hybridized carbons (Fsp3) is 0.500. The molecular weight excluding hydrogens is 232 g/mol. The second-order valence-corrected chi connectivity index (χ2v) is 4.31. The molecule has 1 amide bonds. The summed E-state index contributed by atoms with van der Waals surface area (Å²) >= 11 is 0. The summed E-state index contributed by atoms with van der Waals surface area (Å²) in [4.78, 5) is 17.7. The maximum Gasteiger partial charge on any atom is 0.252 e. The van der Waals surface area contributed by atoms with Crippen LogP contribution < -0.4 is 10.9 Å². The molecule has 1 aliphatic carbocycles. The molecule has 0 atom stereocenters. The third kappa shape index (κ3) is 3.97. The number of carbonyl (C=O) groups excluding carboxylic acids is 1. The number of nitrogens with zero attached hydrogens (tertiary/aromatic N) is 2. The largest absolute Gasteiger partial charge is 0.395 e. The average Bonchev–Trinajstić information content (AvgIpc) is 3.21. The number of amides is 1. The van der Waals surface area contributed by atoms with E-state index >= 15 is 0 Å². The van der Waals surface area contributed by atoms with Gasteiger partial charge in [0.05, 0.1) is 13.2 Å². The Morgan fingerprint density at radius 1 is 1.50 bits per heavy atom. The highest BCUT2D eigenvalue weighted by Crippen LogP contribution is 2.25. The number of pyridine rings is 1. The smallest absolute Gasteiger partial charge is 0.252 e. The molecule has 1 aromatic rings. The third-order valence-corrected chi connectivity index (χ3v) is 2.79. The molecule has 3 N–H and O–H groups in total. The van der Waals surface area contributed by atoms with Crippen LogP contribution in [0.4, 0.5) is 5.82 Å². The molecule has 6 heteroatoms. The number of aliphatic hydroxyl groups excluding tert-OH is 1. The van der Waals surface area contributed by atoms with Crippen LogP contribution in [0.5, 0.6) is 0 Å². The van der Waals surface area contributed by atoms with Gasteiger partial charge in [-0.3, -0.25) is 20.5 Å². The van der Waals surface area contributed by atoms with Crippen LogP contribution >= 0.6 is 0 Å². The van der Waals surface area contributed by atoms with Gasteiger partial charge in [-0.1, -0.05) is 6.07 Å². The van der Waals surface area contributed by atoms with E-state index in [0.717, 1.165) is 12.8 Å². The van der Waals surface area contributed by atoms with Crippen LogP contribution in [0.3, 0.4) is 0 Å². The summed E-state index contributed by atoms with van der Waals surface area (Å²) in [5.74, 6) is 0.479. The third-order valence-electron chi connectivity index (χ3n) is 2.79. The topological polar surface area (TPSA) is 77.5 Å². The number of aromatic nitrogens is 1. The van der Waals surface area contributed by atoms with Gasteiger partial charge in [-0.2, -0.15) is 0 Å². The Morgan fingerprint density at radius 3 is 2.94 bits per heavy atom. The van der Waals surface area contributed by atoms with Crippen molar-refractivity contribution in [3.05, 3.63) is 24.4 Å². The number of rotatable bonds is 7. The van der Waals surface area contributed by atoms with Crippen LogP contribution in [0, 0.1) is 0 Å². The minimum Gasteiger partial charge on any atom is -0.395 e. The quantitative estimate of drug-likeness (QED) is 0.593. The molecule has 1 fully saturated rings. The van der Waals surface area contributed by atoms with Gasteiger partial charge in [-0.05, 0) is 25.0 Å². The number of aliphatic hydroxyl groups is 1. The van der Waals surface area contributed by atoms with Crippen molar-refractivity contribution in [1.82, 2.24) is 15.3 Å². The molecule has 2 rings (SSSR count). The Balaban J connectivity index is 1.74. The van der Waals surface area contributed by atoms with Crippen LogP contribution in [0.25, 0.3) is 0 Å². The lowest BCUT2D eigenvalue weighted by atomic mass is 10.4. The van der Waals surface area contributed by atoms with Crippen molar-refractivity contribution < 1.29 is 9.90 Å². The first kappa shape index (κ1) is 12.8. The van der Waals surface area contributed by atoms with Gasteiger partial charge in [-0.25, -0.2) is 4.98 Å². The Morgan fingerprint density at radius 2 is 2.33 bits per heavy atom. The highest BCUT2D eigenvalue weighted by molar-refractivity contribution is 5.79. The second kappa shape index (κ2) is 6.32. The summed E-state index contributed by atoms with van der Waals surface area (Å²) in [5.41, 5.74) is 5.35. The van der Waals surface area contributed by atoms with Gasteiger partial charge < -0.3 is 5.11 Å². The van der Waals surface area contributed by atoms with E-state index in [9.17, 15) is 4.79 Å². The Kier molecular flexibility index (Phi) is 4.49. The van der Waals surface area contributed by atoms with Gasteiger partial charge in [0, 0.05) is 18.8 Å². The lowest BCUT2D eigenvalue weighted by molar-refractivity contribution is -0.122. The number of nitrogens with one attached hydrogen (secondary N) is 2. The molecule has 0 aromatic carbocycles. The maximum atomic E-state index is 11.7. The fourth-order valence-corrected chi connectivity index (χ4v) is 1.75. The summed E-state index contributed by atoms with van der Waals surface area (Å²) in [6.45, 7) is 0.921. The highest BCUT2D eigenvalue weighted by Gasteiger charge is 2.29. The Labute approximate surface area is 106 Å². The molecule has 0 radical (unpaired) electrons. The zero-order valence-corrected chi connectivity index (χ0v) is 10.2. The highest BCUT2D eigenvalue weighted by atomic mass is 16.3. The number of hydrazine groups is 1. The molecule has 0 spiro atoms. The molecule has 1 saturated carbocycles. The van der Waals surface area contributed by atoms with Gasteiger partial charge >= 0.3 is 0 Å². The predicted octanol–water partition coefficient (Wildman–Crippen LogP) is -0.0186. The summed E-state index contributed by atoms with van der Waals surface area (Å²) in [7, 11) is 0. The molecule has 6 nitrogen and oxygen atoms in total. The number of hydrogen-bond donors (Lipinski definition) is 3. The molecule has 1 aromatic heterocycles. The predicted molar refractivity (Wildman–Crippen MR) is 67.7 cm³/mol. The maximum absolute atomic E-state index is 11.7. The molecule has 0 bridgehead atoms. The molecule has 0 unspecified atom stereocenters. The van der Waals surface area contributed by atoms with Crippen molar-refractivity contribution in [2.24, 2.45) is 0 Å². The van der Waals surface area contributed by atoms with E-state index in [0.29, 0.717) is 24.9 Å². The zero-order chi connectivity index (χ0) is 12.8. The van der Waals surface area contributed by atoms with Crippen molar-refractivity contribution in [3.63, 3.8) is 0 Å². The van der Waals surface area contributed by atoms with E-state index in [1.54, 1.807) is 12.3 Å². The molecule has 18 heavy (non-hydrogen) atoms. The first-order chi connectivity index (χ1) is 8.79. The summed E-state index contributed by atoms with van der Waals surface area (Å²) in [6.07, 6.45) is 3.87. The normalized spacial score (nSPS) is 14.6. The SMILES string of the molecule is O=C(CN(CCO)C1CC1)NNc1ccccn1. The molecule has 0 saturated heterocycles. The van der Waals surface area contributed by atoms with Crippen molar-refractivity contribution >= 4 is 11.7 Å². The van der Waals surface area contributed by atoms with E-state index in [1.807, 2.05) is 17.0 Å². The van der Waals surface area contributed by atoms with Crippen molar-refractivity contribution in [1.29, 1.82) is 0 Å². The van der Waals surface area contributed by atoms with E-state index in [2.05, 4.69) is 15.8 Å². The van der Waals surface area contributed by atoms with Gasteiger partial charge in [0.15, 0.2) is 0 Å². The number of carbonyl (C=O) groups is 1. The van der Waals surface area contributed by atoms with E-state index in [1.165, 1.54) is 0 Å². The van der Waals surface area contributed by atoms with Crippen LogP contribution in [-0.2, 0) is 4.79 Å². The monoisotopic (exact) mass is 250 g/mol. The van der Waals surface area contributed by atoms with Crippen molar-refractivity contribution in [2.45, 2.75) is 18.9 Å². The molecule has 98 valence electrons. The standard InChI is InChI=1S/C12H18N4O2/c17-8-7-16(10-4-5-10)9-12(18)15-14-11-3-1-2-6-13-11/h1-3,6,10,17H,4-5,7-9H2,(H,13,14)(H,15,18). The van der Waals surface area contributed by atoms with Crippen LogP contribution in [0.15, 0.2) is 24.4 Å². The van der Waals surface area contributed by atoms with Gasteiger partial charge in [-0.15, -0.1) is 0 Å². The summed E-state index contributed by atoms with van der Waals surface area (Å²) in [5, 5.41) is 8.94. The minimum absolute atomic E-state index is 0.0808. The number of hydrogen-bond acceptors (Lipinski definition) is 5. The zero-order valence-electron chi connectivity index (χ0n) is 10.2. The Hall–Kier alpha value is -1.66. The van der Waals surface area contributed by atoms with Crippen molar-refractivity contribution in [3.8, 4) is 0 Å². The molecule has 1 heterocycles. The van der Waals surface area contributed by atoms with Crippen LogP contribution in [0.2, 0.25) is 0 Å². The van der Waals surface area contributed by atoms with Crippen molar-refractivity contribution in [2.75, 3.05) is 25.1 Å². The number of anilines is 1. The van der Waals surface area contributed by atoms with Crippen LogP contribution in [-0.4, -0.2) is 46.6 Å². The summed E-state index contributed by atoms with van der Waals surface area (Å²) < 4.78 is 0. The summed E-state index contributed by atoms with van der Waals surface area (Å²) in [6, 6.07) is 5.87. The minimum atomic E-state index is -0.124. The van der Waals surface area contributed by atoms with E-state index in [4.69, 9.17) is 5.11 Å². The van der Waals surface area contributed by atoms with Gasteiger partial charge in [0.2, 0.25) is 0 Å². The molecule has 0 aliphatic heterocycles. The lowest BCUT2D eigenvalue weighted by Crippen LogP contribution is -2.41. The average molecular weight is 250 g/mol. The molecular formula is C12H18N4O2. The van der Waals surface area contributed by atoms with Gasteiger partial charge in [0.25, 0.3) is 5.91 Å². The first-order valence-electron chi connectivity index (χ1n) is 6.10. The first-order valence-corrected chi connectivity index (χ1v) is 6.10. The molecule has 1 aliphatic rings. The van der Waals surface area contributed by atoms with E-state index in [-0.39, 0.29) is 12.5 Å². The van der Waals surface area contributed by atoms with Gasteiger partial charge in [0.1, 0.15) is 5.82 Å². The second-order valence-electron chi connectivity index (χ2n) is 4.31.